The molecule has 0 N–H and O–H groups in total. The molecule has 0 saturated carbocycles. The Kier molecular flexibility index (Phi) is 4.71. The SMILES string of the molecule is CC(C)N1CCC(N2CCCN(Cc3ccco3)C2=O)CC1. The molecule has 122 valence electrons. The van der Waals surface area contributed by atoms with Crippen LogP contribution in [0.25, 0.3) is 0 Å². The zero-order chi connectivity index (χ0) is 15.5. The molecule has 2 aliphatic rings. The zero-order valence-corrected chi connectivity index (χ0v) is 13.7. The topological polar surface area (TPSA) is 39.9 Å². The third-order valence-corrected chi connectivity index (χ3v) is 4.94. The van der Waals surface area contributed by atoms with Crippen molar-refractivity contribution in [2.75, 3.05) is 26.2 Å². The minimum atomic E-state index is 0.186. The van der Waals surface area contributed by atoms with Crippen LogP contribution in [0.1, 0.15) is 38.9 Å². The van der Waals surface area contributed by atoms with Gasteiger partial charge in [-0.2, -0.15) is 0 Å². The third-order valence-electron chi connectivity index (χ3n) is 4.94. The van der Waals surface area contributed by atoms with Crippen LogP contribution < -0.4 is 0 Å². The Morgan fingerprint density at radius 3 is 2.64 bits per heavy atom. The highest BCUT2D eigenvalue weighted by Crippen LogP contribution is 2.23. The largest absolute Gasteiger partial charge is 0.467 e. The first-order chi connectivity index (χ1) is 10.6. The van der Waals surface area contributed by atoms with E-state index in [-0.39, 0.29) is 6.03 Å². The van der Waals surface area contributed by atoms with Gasteiger partial charge in [-0.1, -0.05) is 0 Å². The molecule has 3 rings (SSSR count). The molecule has 2 amide bonds. The summed E-state index contributed by atoms with van der Waals surface area (Å²) in [5.41, 5.74) is 0. The lowest BCUT2D eigenvalue weighted by Gasteiger charge is -2.44. The first-order valence-electron chi connectivity index (χ1n) is 8.47. The summed E-state index contributed by atoms with van der Waals surface area (Å²) in [6.45, 7) is 9.03. The second-order valence-electron chi connectivity index (χ2n) is 6.69. The monoisotopic (exact) mass is 305 g/mol. The summed E-state index contributed by atoms with van der Waals surface area (Å²) < 4.78 is 5.39. The van der Waals surface area contributed by atoms with Crippen molar-refractivity contribution in [3.63, 3.8) is 0 Å². The number of carbonyl (C=O) groups excluding carboxylic acids is 1. The quantitative estimate of drug-likeness (QED) is 0.859. The molecule has 0 aliphatic carbocycles. The minimum Gasteiger partial charge on any atom is -0.467 e. The van der Waals surface area contributed by atoms with Gasteiger partial charge in [-0.15, -0.1) is 0 Å². The fourth-order valence-electron chi connectivity index (χ4n) is 3.59. The van der Waals surface area contributed by atoms with Crippen molar-refractivity contribution in [3.05, 3.63) is 24.2 Å². The van der Waals surface area contributed by atoms with E-state index >= 15 is 0 Å². The van der Waals surface area contributed by atoms with E-state index in [1.807, 2.05) is 17.0 Å². The van der Waals surface area contributed by atoms with Crippen LogP contribution in [0.3, 0.4) is 0 Å². The zero-order valence-electron chi connectivity index (χ0n) is 13.7. The Morgan fingerprint density at radius 1 is 1.23 bits per heavy atom. The molecule has 5 nitrogen and oxygen atoms in total. The Labute approximate surface area is 132 Å². The fraction of sp³-hybridized carbons (Fsp3) is 0.706. The van der Waals surface area contributed by atoms with Gasteiger partial charge < -0.3 is 19.1 Å². The maximum atomic E-state index is 12.8. The molecule has 0 radical (unpaired) electrons. The maximum Gasteiger partial charge on any atom is 0.320 e. The van der Waals surface area contributed by atoms with E-state index in [4.69, 9.17) is 4.42 Å². The van der Waals surface area contributed by atoms with Crippen LogP contribution in [0.5, 0.6) is 0 Å². The van der Waals surface area contributed by atoms with Crippen molar-refractivity contribution in [2.45, 2.75) is 51.7 Å². The lowest BCUT2D eigenvalue weighted by atomic mass is 10.0. The smallest absolute Gasteiger partial charge is 0.320 e. The first kappa shape index (κ1) is 15.4. The number of urea groups is 1. The highest BCUT2D eigenvalue weighted by atomic mass is 16.3. The third kappa shape index (κ3) is 3.29. The predicted octanol–water partition coefficient (Wildman–Crippen LogP) is 2.78. The molecular weight excluding hydrogens is 278 g/mol. The van der Waals surface area contributed by atoms with Gasteiger partial charge in [0.2, 0.25) is 0 Å². The summed E-state index contributed by atoms with van der Waals surface area (Å²) in [6, 6.07) is 5.01. The van der Waals surface area contributed by atoms with Crippen LogP contribution in [0.4, 0.5) is 4.79 Å². The number of furan rings is 1. The van der Waals surface area contributed by atoms with Gasteiger partial charge >= 0.3 is 6.03 Å². The summed E-state index contributed by atoms with van der Waals surface area (Å²) in [5.74, 6) is 0.866. The van der Waals surface area contributed by atoms with E-state index in [0.29, 0.717) is 18.6 Å². The number of likely N-dealkylation sites (tertiary alicyclic amines) is 1. The summed E-state index contributed by atoms with van der Waals surface area (Å²) >= 11 is 0. The first-order valence-corrected chi connectivity index (χ1v) is 8.47. The number of rotatable bonds is 4. The summed E-state index contributed by atoms with van der Waals surface area (Å²) in [7, 11) is 0. The van der Waals surface area contributed by atoms with E-state index in [0.717, 1.165) is 51.2 Å². The molecule has 0 unspecified atom stereocenters. The minimum absolute atomic E-state index is 0.186. The molecular formula is C17H27N3O2. The van der Waals surface area contributed by atoms with Crippen LogP contribution in [-0.4, -0.2) is 59.0 Å². The predicted molar refractivity (Wildman–Crippen MR) is 85.6 cm³/mol. The summed E-state index contributed by atoms with van der Waals surface area (Å²) in [4.78, 5) is 19.3. The van der Waals surface area contributed by atoms with Crippen molar-refractivity contribution in [2.24, 2.45) is 0 Å². The van der Waals surface area contributed by atoms with Gasteiger partial charge in [-0.3, -0.25) is 0 Å². The molecule has 3 heterocycles. The van der Waals surface area contributed by atoms with Crippen molar-refractivity contribution in [1.29, 1.82) is 0 Å². The molecule has 0 aromatic carbocycles. The van der Waals surface area contributed by atoms with Crippen molar-refractivity contribution in [1.82, 2.24) is 14.7 Å². The molecule has 2 fully saturated rings. The van der Waals surface area contributed by atoms with Crippen LogP contribution in [-0.2, 0) is 6.54 Å². The number of hydrogen-bond donors (Lipinski definition) is 0. The van der Waals surface area contributed by atoms with Gasteiger partial charge in [0.15, 0.2) is 0 Å². The van der Waals surface area contributed by atoms with E-state index in [9.17, 15) is 4.79 Å². The van der Waals surface area contributed by atoms with Crippen molar-refractivity contribution >= 4 is 6.03 Å². The summed E-state index contributed by atoms with van der Waals surface area (Å²) in [6.07, 6.45) is 4.91. The van der Waals surface area contributed by atoms with Gasteiger partial charge in [0.25, 0.3) is 0 Å². The Bertz CT molecular complexity index is 478. The van der Waals surface area contributed by atoms with Crippen molar-refractivity contribution < 1.29 is 9.21 Å². The average Bonchev–Trinajstić information content (AvgIpc) is 3.02. The standard InChI is InChI=1S/C17H27N3O2/c1-14(2)18-10-6-15(7-11-18)20-9-4-8-19(17(20)21)13-16-5-3-12-22-16/h3,5,12,14-15H,4,6-11,13H2,1-2H3. The number of carbonyl (C=O) groups is 1. The van der Waals surface area contributed by atoms with Gasteiger partial charge in [-0.05, 0) is 45.2 Å². The number of piperidine rings is 1. The molecule has 1 aromatic heterocycles. The van der Waals surface area contributed by atoms with E-state index in [2.05, 4.69) is 23.6 Å². The number of amides is 2. The van der Waals surface area contributed by atoms with Crippen LogP contribution in [0.2, 0.25) is 0 Å². The van der Waals surface area contributed by atoms with Gasteiger partial charge in [0.05, 0.1) is 12.8 Å². The Morgan fingerprint density at radius 2 is 2.00 bits per heavy atom. The molecule has 1 aromatic rings. The van der Waals surface area contributed by atoms with Gasteiger partial charge in [0.1, 0.15) is 5.76 Å². The maximum absolute atomic E-state index is 12.8. The highest BCUT2D eigenvalue weighted by molar-refractivity contribution is 5.75. The van der Waals surface area contributed by atoms with Gasteiger partial charge in [0, 0.05) is 38.3 Å². The molecule has 2 aliphatic heterocycles. The Hall–Kier alpha value is -1.49. The lowest BCUT2D eigenvalue weighted by Crippen LogP contribution is -2.55. The Balaban J connectivity index is 1.58. The molecule has 2 saturated heterocycles. The number of nitrogens with zero attached hydrogens (tertiary/aromatic N) is 3. The molecule has 5 heteroatoms. The van der Waals surface area contributed by atoms with Crippen LogP contribution >= 0.6 is 0 Å². The highest BCUT2D eigenvalue weighted by Gasteiger charge is 2.33. The van der Waals surface area contributed by atoms with Crippen molar-refractivity contribution in [3.8, 4) is 0 Å². The second-order valence-corrected chi connectivity index (χ2v) is 6.69. The van der Waals surface area contributed by atoms with Crippen LogP contribution in [0.15, 0.2) is 22.8 Å². The van der Waals surface area contributed by atoms with E-state index in [1.54, 1.807) is 6.26 Å². The summed E-state index contributed by atoms with van der Waals surface area (Å²) in [5, 5.41) is 0. The van der Waals surface area contributed by atoms with Gasteiger partial charge in [-0.25, -0.2) is 4.79 Å². The fourth-order valence-corrected chi connectivity index (χ4v) is 3.59. The lowest BCUT2D eigenvalue weighted by molar-refractivity contribution is 0.0676. The average molecular weight is 305 g/mol. The molecule has 0 bridgehead atoms. The second kappa shape index (κ2) is 6.73. The molecule has 0 atom stereocenters. The molecule has 0 spiro atoms. The van der Waals surface area contributed by atoms with E-state index < -0.39 is 0 Å². The molecule has 22 heavy (non-hydrogen) atoms. The number of hydrogen-bond acceptors (Lipinski definition) is 3. The normalized spacial score (nSPS) is 21.9. The van der Waals surface area contributed by atoms with Crippen LogP contribution in [0, 0.1) is 0 Å². The van der Waals surface area contributed by atoms with E-state index in [1.165, 1.54) is 0 Å².